The van der Waals surface area contributed by atoms with E-state index in [4.69, 9.17) is 11.6 Å². The summed E-state index contributed by atoms with van der Waals surface area (Å²) in [6, 6.07) is 0.0313. The van der Waals surface area contributed by atoms with Crippen molar-refractivity contribution in [2.24, 2.45) is 5.92 Å². The second-order valence-electron chi connectivity index (χ2n) is 4.56. The Morgan fingerprint density at radius 2 is 2.13 bits per heavy atom. The lowest BCUT2D eigenvalue weighted by molar-refractivity contribution is 0.408. The predicted octanol–water partition coefficient (Wildman–Crippen LogP) is 2.07. The van der Waals surface area contributed by atoms with Crippen molar-refractivity contribution in [3.8, 4) is 0 Å². The highest BCUT2D eigenvalue weighted by Crippen LogP contribution is 2.23. The van der Waals surface area contributed by atoms with E-state index in [9.17, 15) is 8.42 Å². The first-order valence-corrected chi connectivity index (χ1v) is 7.67. The van der Waals surface area contributed by atoms with E-state index in [0.717, 1.165) is 19.3 Å². The Morgan fingerprint density at radius 1 is 1.47 bits per heavy atom. The van der Waals surface area contributed by atoms with Crippen LogP contribution in [0.15, 0.2) is 0 Å². The summed E-state index contributed by atoms with van der Waals surface area (Å²) in [5, 5.41) is 0. The fraction of sp³-hybridized carbons (Fsp3) is 1.00. The predicted molar refractivity (Wildman–Crippen MR) is 63.7 cm³/mol. The van der Waals surface area contributed by atoms with Crippen molar-refractivity contribution in [2.75, 3.05) is 18.2 Å². The highest BCUT2D eigenvalue weighted by Gasteiger charge is 2.33. The van der Waals surface area contributed by atoms with Crippen molar-refractivity contribution in [1.29, 1.82) is 0 Å². The summed E-state index contributed by atoms with van der Waals surface area (Å²) in [6.07, 6.45) is 2.58. The van der Waals surface area contributed by atoms with E-state index in [1.807, 2.05) is 13.8 Å². The fourth-order valence-corrected chi connectivity index (χ4v) is 4.28. The molecule has 3 nitrogen and oxygen atoms in total. The second-order valence-corrected chi connectivity index (χ2v) is 6.91. The van der Waals surface area contributed by atoms with Gasteiger partial charge in [-0.3, -0.25) is 0 Å². The van der Waals surface area contributed by atoms with Gasteiger partial charge in [0.05, 0.1) is 5.75 Å². The summed E-state index contributed by atoms with van der Waals surface area (Å²) >= 11 is 5.77. The van der Waals surface area contributed by atoms with Gasteiger partial charge >= 0.3 is 0 Å². The van der Waals surface area contributed by atoms with E-state index in [-0.39, 0.29) is 11.8 Å². The molecule has 0 radical (unpaired) electrons. The first-order chi connectivity index (χ1) is 6.97. The van der Waals surface area contributed by atoms with Crippen LogP contribution >= 0.6 is 11.6 Å². The lowest BCUT2D eigenvalue weighted by Crippen LogP contribution is -2.38. The summed E-state index contributed by atoms with van der Waals surface area (Å²) in [6.45, 7) is 4.73. The number of halogens is 1. The summed E-state index contributed by atoms with van der Waals surface area (Å²) < 4.78 is 25.5. The van der Waals surface area contributed by atoms with Gasteiger partial charge in [-0.1, -0.05) is 13.8 Å². The van der Waals surface area contributed by atoms with Gasteiger partial charge in [0.15, 0.2) is 0 Å². The number of hydrogen-bond donors (Lipinski definition) is 0. The van der Waals surface area contributed by atoms with Gasteiger partial charge in [-0.2, -0.15) is 4.31 Å². The van der Waals surface area contributed by atoms with Crippen molar-refractivity contribution < 1.29 is 8.42 Å². The molecule has 0 amide bonds. The van der Waals surface area contributed by atoms with Crippen molar-refractivity contribution in [2.45, 2.75) is 39.2 Å². The quantitative estimate of drug-likeness (QED) is 0.704. The molecule has 1 aliphatic rings. The van der Waals surface area contributed by atoms with E-state index >= 15 is 0 Å². The van der Waals surface area contributed by atoms with Crippen molar-refractivity contribution in [3.63, 3.8) is 0 Å². The van der Waals surface area contributed by atoms with Gasteiger partial charge in [0.1, 0.15) is 0 Å². The molecule has 1 atom stereocenters. The Labute approximate surface area is 97.8 Å². The maximum Gasteiger partial charge on any atom is 0.214 e. The molecular weight excluding hydrogens is 234 g/mol. The van der Waals surface area contributed by atoms with Crippen LogP contribution in [-0.2, 0) is 10.0 Å². The average Bonchev–Trinajstić information content (AvgIpc) is 2.63. The lowest BCUT2D eigenvalue weighted by atomic mass is 10.2. The number of alkyl halides is 1. The molecule has 1 fully saturated rings. The molecular formula is C10H20ClNO2S. The lowest BCUT2D eigenvalue weighted by Gasteiger charge is -2.22. The smallest absolute Gasteiger partial charge is 0.212 e. The summed E-state index contributed by atoms with van der Waals surface area (Å²) in [4.78, 5) is 0. The number of rotatable bonds is 5. The molecule has 1 saturated heterocycles. The third kappa shape index (κ3) is 3.61. The van der Waals surface area contributed by atoms with Gasteiger partial charge in [0.2, 0.25) is 10.0 Å². The van der Waals surface area contributed by atoms with Gasteiger partial charge < -0.3 is 0 Å². The average molecular weight is 254 g/mol. The maximum atomic E-state index is 12.0. The van der Waals surface area contributed by atoms with Crippen molar-refractivity contribution in [3.05, 3.63) is 0 Å². The van der Waals surface area contributed by atoms with Crippen LogP contribution in [0.4, 0.5) is 0 Å². The zero-order valence-corrected chi connectivity index (χ0v) is 11.0. The molecule has 0 aromatic heterocycles. The van der Waals surface area contributed by atoms with E-state index in [1.54, 1.807) is 4.31 Å². The van der Waals surface area contributed by atoms with Crippen molar-refractivity contribution >= 4 is 21.6 Å². The Hall–Kier alpha value is 0.200. The molecule has 5 heteroatoms. The van der Waals surface area contributed by atoms with Crippen molar-refractivity contribution in [1.82, 2.24) is 4.31 Å². The standard InChI is InChI=1S/C10H20ClNO2S/c1-9(2)5-7-15(13,14)12-6-3-4-10(12)8-11/h9-10H,3-8H2,1-2H3. The van der Waals surface area contributed by atoms with Gasteiger partial charge in [-0.05, 0) is 25.2 Å². The minimum absolute atomic E-state index is 0.0313. The molecule has 0 N–H and O–H groups in total. The molecule has 0 saturated carbocycles. The normalized spacial score (nSPS) is 23.9. The monoisotopic (exact) mass is 253 g/mol. The summed E-state index contributed by atoms with van der Waals surface area (Å²) in [5.74, 6) is 1.11. The zero-order chi connectivity index (χ0) is 11.5. The van der Waals surface area contributed by atoms with Crippen LogP contribution in [0.2, 0.25) is 0 Å². The molecule has 0 aliphatic carbocycles. The first kappa shape index (κ1) is 13.3. The van der Waals surface area contributed by atoms with E-state index < -0.39 is 10.0 Å². The Bertz CT molecular complexity index is 290. The summed E-state index contributed by atoms with van der Waals surface area (Å²) in [7, 11) is -3.07. The Morgan fingerprint density at radius 3 is 2.67 bits per heavy atom. The second kappa shape index (κ2) is 5.51. The molecule has 90 valence electrons. The third-order valence-electron chi connectivity index (χ3n) is 2.81. The highest BCUT2D eigenvalue weighted by atomic mass is 35.5. The highest BCUT2D eigenvalue weighted by molar-refractivity contribution is 7.89. The van der Waals surface area contributed by atoms with Gasteiger partial charge in [-0.25, -0.2) is 8.42 Å². The molecule has 1 unspecified atom stereocenters. The van der Waals surface area contributed by atoms with Crippen LogP contribution in [0.3, 0.4) is 0 Å². The van der Waals surface area contributed by atoms with E-state index in [2.05, 4.69) is 0 Å². The third-order valence-corrected chi connectivity index (χ3v) is 5.11. The van der Waals surface area contributed by atoms with Crippen LogP contribution in [-0.4, -0.2) is 36.9 Å². The Kier molecular flexibility index (Phi) is 4.87. The SMILES string of the molecule is CC(C)CCS(=O)(=O)N1CCCC1CCl. The van der Waals surface area contributed by atoms with Crippen LogP contribution in [0.5, 0.6) is 0 Å². The maximum absolute atomic E-state index is 12.0. The minimum atomic E-state index is -3.07. The number of nitrogens with zero attached hydrogens (tertiary/aromatic N) is 1. The largest absolute Gasteiger partial charge is 0.214 e. The minimum Gasteiger partial charge on any atom is -0.212 e. The topological polar surface area (TPSA) is 37.4 Å². The number of hydrogen-bond acceptors (Lipinski definition) is 2. The Balaban J connectivity index is 2.60. The molecule has 15 heavy (non-hydrogen) atoms. The zero-order valence-electron chi connectivity index (χ0n) is 9.45. The molecule has 0 aromatic rings. The van der Waals surface area contributed by atoms with Crippen LogP contribution in [0.25, 0.3) is 0 Å². The van der Waals surface area contributed by atoms with E-state index in [0.29, 0.717) is 18.3 Å². The molecule has 0 spiro atoms. The van der Waals surface area contributed by atoms with E-state index in [1.165, 1.54) is 0 Å². The molecule has 0 bridgehead atoms. The van der Waals surface area contributed by atoms with Gasteiger partial charge in [0.25, 0.3) is 0 Å². The van der Waals surface area contributed by atoms with Gasteiger partial charge in [-0.15, -0.1) is 11.6 Å². The number of sulfonamides is 1. The van der Waals surface area contributed by atoms with Crippen LogP contribution < -0.4 is 0 Å². The molecule has 1 rings (SSSR count). The fourth-order valence-electron chi connectivity index (χ4n) is 1.83. The molecule has 1 heterocycles. The van der Waals surface area contributed by atoms with Gasteiger partial charge in [0, 0.05) is 18.5 Å². The van der Waals surface area contributed by atoms with Crippen LogP contribution in [0.1, 0.15) is 33.1 Å². The van der Waals surface area contributed by atoms with Crippen LogP contribution in [0, 0.1) is 5.92 Å². The summed E-state index contributed by atoms with van der Waals surface area (Å²) in [5.41, 5.74) is 0. The molecule has 0 aromatic carbocycles. The molecule has 1 aliphatic heterocycles. The first-order valence-electron chi connectivity index (χ1n) is 5.53.